The lowest BCUT2D eigenvalue weighted by molar-refractivity contribution is 0.306. The molecule has 0 amide bonds. The van der Waals surface area contributed by atoms with Crippen LogP contribution in [0.2, 0.25) is 0 Å². The number of benzene rings is 3. The fourth-order valence-electron chi connectivity index (χ4n) is 2.62. The number of hydrogen-bond acceptors (Lipinski definition) is 5. The summed E-state index contributed by atoms with van der Waals surface area (Å²) in [7, 11) is 1.66. The topological polar surface area (TPSA) is 44.2 Å². The van der Waals surface area contributed by atoms with E-state index in [2.05, 4.69) is 22.3 Å². The molecule has 0 N–H and O–H groups in total. The second-order valence-corrected chi connectivity index (χ2v) is 6.92. The first-order chi connectivity index (χ1) is 13.3. The monoisotopic (exact) mass is 374 g/mol. The van der Waals surface area contributed by atoms with Gasteiger partial charge in [0, 0.05) is 11.1 Å². The highest BCUT2D eigenvalue weighted by Gasteiger charge is 2.09. The largest absolute Gasteiger partial charge is 0.497 e. The van der Waals surface area contributed by atoms with Crippen molar-refractivity contribution < 1.29 is 9.47 Å². The zero-order chi connectivity index (χ0) is 18.5. The molecule has 0 aliphatic heterocycles. The van der Waals surface area contributed by atoms with Gasteiger partial charge in [0.1, 0.15) is 28.1 Å². The van der Waals surface area contributed by atoms with Gasteiger partial charge in [-0.15, -0.1) is 10.2 Å². The van der Waals surface area contributed by atoms with Crippen molar-refractivity contribution in [1.29, 1.82) is 0 Å². The summed E-state index contributed by atoms with van der Waals surface area (Å²) in [6, 6.07) is 25.9. The predicted octanol–water partition coefficient (Wildman–Crippen LogP) is 5.46. The average molecular weight is 374 g/mol. The predicted molar refractivity (Wildman–Crippen MR) is 108 cm³/mol. The molecule has 0 saturated carbocycles. The molecule has 0 aliphatic carbocycles. The van der Waals surface area contributed by atoms with Crippen LogP contribution in [-0.4, -0.2) is 17.3 Å². The maximum atomic E-state index is 5.83. The minimum absolute atomic E-state index is 0.556. The third kappa shape index (κ3) is 4.15. The summed E-state index contributed by atoms with van der Waals surface area (Å²) >= 11 is 1.56. The van der Waals surface area contributed by atoms with Crippen LogP contribution in [0.15, 0.2) is 78.9 Å². The Balaban J connectivity index is 1.45. The molecule has 134 valence electrons. The molecule has 1 heterocycles. The first kappa shape index (κ1) is 17.2. The van der Waals surface area contributed by atoms with Crippen LogP contribution in [-0.2, 0) is 6.61 Å². The molecule has 0 spiro atoms. The van der Waals surface area contributed by atoms with Gasteiger partial charge in [-0.2, -0.15) is 0 Å². The number of aromatic nitrogens is 2. The Morgan fingerprint density at radius 2 is 1.26 bits per heavy atom. The molecular formula is C22H18N2O2S. The SMILES string of the molecule is COc1ccc(-c2nnc(-c3ccc(OCc4ccccc4)cc3)s2)cc1. The fourth-order valence-corrected chi connectivity index (χ4v) is 3.48. The number of rotatable bonds is 6. The summed E-state index contributed by atoms with van der Waals surface area (Å²) < 4.78 is 11.0. The lowest BCUT2D eigenvalue weighted by Gasteiger charge is -2.06. The second kappa shape index (κ2) is 8.01. The molecular weight excluding hydrogens is 356 g/mol. The van der Waals surface area contributed by atoms with Crippen molar-refractivity contribution in [2.75, 3.05) is 7.11 Å². The Labute approximate surface area is 162 Å². The third-order valence-electron chi connectivity index (χ3n) is 4.11. The Morgan fingerprint density at radius 3 is 1.81 bits per heavy atom. The van der Waals surface area contributed by atoms with Crippen LogP contribution < -0.4 is 9.47 Å². The van der Waals surface area contributed by atoms with Crippen molar-refractivity contribution in [3.63, 3.8) is 0 Å². The first-order valence-electron chi connectivity index (χ1n) is 8.57. The van der Waals surface area contributed by atoms with Crippen LogP contribution in [0, 0.1) is 0 Å². The molecule has 0 radical (unpaired) electrons. The number of methoxy groups -OCH3 is 1. The summed E-state index contributed by atoms with van der Waals surface area (Å²) in [5, 5.41) is 10.4. The summed E-state index contributed by atoms with van der Waals surface area (Å²) in [6.07, 6.45) is 0. The van der Waals surface area contributed by atoms with Gasteiger partial charge in [0.25, 0.3) is 0 Å². The normalized spacial score (nSPS) is 10.6. The van der Waals surface area contributed by atoms with E-state index in [0.29, 0.717) is 6.61 Å². The summed E-state index contributed by atoms with van der Waals surface area (Å²) in [5.41, 5.74) is 3.21. The molecule has 4 rings (SSSR count). The van der Waals surface area contributed by atoms with Gasteiger partial charge in [-0.25, -0.2) is 0 Å². The van der Waals surface area contributed by atoms with Gasteiger partial charge in [0.2, 0.25) is 0 Å². The lowest BCUT2D eigenvalue weighted by Crippen LogP contribution is -1.94. The van der Waals surface area contributed by atoms with Crippen molar-refractivity contribution in [3.8, 4) is 32.6 Å². The standard InChI is InChI=1S/C22H18N2O2S/c1-25-19-11-7-17(8-12-19)21-23-24-22(27-21)18-9-13-20(14-10-18)26-15-16-5-3-2-4-6-16/h2-14H,15H2,1H3. The van der Waals surface area contributed by atoms with E-state index in [1.807, 2.05) is 66.7 Å². The Bertz CT molecular complexity index is 997. The van der Waals surface area contributed by atoms with Crippen molar-refractivity contribution in [2.24, 2.45) is 0 Å². The molecule has 0 aliphatic rings. The number of hydrogen-bond donors (Lipinski definition) is 0. The zero-order valence-corrected chi connectivity index (χ0v) is 15.6. The fraction of sp³-hybridized carbons (Fsp3) is 0.0909. The van der Waals surface area contributed by atoms with Crippen LogP contribution in [0.5, 0.6) is 11.5 Å². The molecule has 0 atom stereocenters. The van der Waals surface area contributed by atoms with Crippen LogP contribution in [0.4, 0.5) is 0 Å². The quantitative estimate of drug-likeness (QED) is 0.449. The smallest absolute Gasteiger partial charge is 0.148 e. The van der Waals surface area contributed by atoms with E-state index in [-0.39, 0.29) is 0 Å². The minimum Gasteiger partial charge on any atom is -0.497 e. The highest BCUT2D eigenvalue weighted by molar-refractivity contribution is 7.17. The van der Waals surface area contributed by atoms with Gasteiger partial charge in [0.05, 0.1) is 7.11 Å². The molecule has 0 unspecified atom stereocenters. The number of nitrogens with zero attached hydrogens (tertiary/aromatic N) is 2. The van der Waals surface area contributed by atoms with E-state index in [4.69, 9.17) is 9.47 Å². The van der Waals surface area contributed by atoms with E-state index >= 15 is 0 Å². The van der Waals surface area contributed by atoms with Gasteiger partial charge in [0.15, 0.2) is 0 Å². The van der Waals surface area contributed by atoms with Crippen LogP contribution in [0.25, 0.3) is 21.1 Å². The van der Waals surface area contributed by atoms with E-state index in [1.54, 1.807) is 18.4 Å². The molecule has 0 saturated heterocycles. The molecule has 27 heavy (non-hydrogen) atoms. The van der Waals surface area contributed by atoms with Crippen LogP contribution in [0.3, 0.4) is 0 Å². The highest BCUT2D eigenvalue weighted by Crippen LogP contribution is 2.31. The first-order valence-corrected chi connectivity index (χ1v) is 9.38. The number of ether oxygens (including phenoxy) is 2. The summed E-state index contributed by atoms with van der Waals surface area (Å²) in [6.45, 7) is 0.556. The van der Waals surface area contributed by atoms with Crippen LogP contribution in [0.1, 0.15) is 5.56 Å². The van der Waals surface area contributed by atoms with Crippen molar-refractivity contribution >= 4 is 11.3 Å². The van der Waals surface area contributed by atoms with Gasteiger partial charge in [-0.1, -0.05) is 41.7 Å². The molecule has 0 bridgehead atoms. The molecule has 0 fully saturated rings. The van der Waals surface area contributed by atoms with Gasteiger partial charge < -0.3 is 9.47 Å². The van der Waals surface area contributed by atoms with Crippen molar-refractivity contribution in [2.45, 2.75) is 6.61 Å². The molecule has 3 aromatic carbocycles. The van der Waals surface area contributed by atoms with E-state index in [0.717, 1.165) is 38.2 Å². The summed E-state index contributed by atoms with van der Waals surface area (Å²) in [5.74, 6) is 1.66. The lowest BCUT2D eigenvalue weighted by atomic mass is 10.2. The maximum Gasteiger partial charge on any atom is 0.148 e. The van der Waals surface area contributed by atoms with Crippen LogP contribution >= 0.6 is 11.3 Å². The highest BCUT2D eigenvalue weighted by atomic mass is 32.1. The third-order valence-corrected chi connectivity index (χ3v) is 5.13. The van der Waals surface area contributed by atoms with E-state index < -0.39 is 0 Å². The molecule has 1 aromatic heterocycles. The van der Waals surface area contributed by atoms with Crippen molar-refractivity contribution in [1.82, 2.24) is 10.2 Å². The minimum atomic E-state index is 0.556. The van der Waals surface area contributed by atoms with Gasteiger partial charge in [-0.05, 0) is 54.1 Å². The average Bonchev–Trinajstić information content (AvgIpc) is 3.24. The van der Waals surface area contributed by atoms with Gasteiger partial charge in [-0.3, -0.25) is 0 Å². The molecule has 4 nitrogen and oxygen atoms in total. The molecule has 5 heteroatoms. The summed E-state index contributed by atoms with van der Waals surface area (Å²) in [4.78, 5) is 0. The van der Waals surface area contributed by atoms with Gasteiger partial charge >= 0.3 is 0 Å². The van der Waals surface area contributed by atoms with E-state index in [1.165, 1.54) is 0 Å². The van der Waals surface area contributed by atoms with E-state index in [9.17, 15) is 0 Å². The Kier molecular flexibility index (Phi) is 5.12. The Hall–Kier alpha value is -3.18. The molecule has 4 aromatic rings. The zero-order valence-electron chi connectivity index (χ0n) is 14.8. The Morgan fingerprint density at radius 1 is 0.704 bits per heavy atom. The van der Waals surface area contributed by atoms with Crippen molar-refractivity contribution in [3.05, 3.63) is 84.4 Å². The maximum absolute atomic E-state index is 5.83. The second-order valence-electron chi connectivity index (χ2n) is 5.94.